The summed E-state index contributed by atoms with van der Waals surface area (Å²) < 4.78 is 5.44. The number of hydrogen-bond acceptors (Lipinski definition) is 7. The number of thiazole rings is 1. The van der Waals surface area contributed by atoms with Gasteiger partial charge < -0.3 is 20.1 Å². The van der Waals surface area contributed by atoms with E-state index >= 15 is 0 Å². The second kappa shape index (κ2) is 9.32. The maximum absolute atomic E-state index is 12.7. The Kier molecular flexibility index (Phi) is 6.27. The molecule has 1 atom stereocenters. The summed E-state index contributed by atoms with van der Waals surface area (Å²) in [5.41, 5.74) is 1.89. The fraction of sp³-hybridized carbons (Fsp3) is 0.364. The lowest BCUT2D eigenvalue weighted by atomic mass is 10.1. The van der Waals surface area contributed by atoms with Crippen LogP contribution in [-0.4, -0.2) is 52.0 Å². The van der Waals surface area contributed by atoms with Gasteiger partial charge in [-0.1, -0.05) is 28.4 Å². The van der Waals surface area contributed by atoms with Crippen molar-refractivity contribution in [1.82, 2.24) is 20.4 Å². The van der Waals surface area contributed by atoms with Crippen LogP contribution in [-0.2, 0) is 9.59 Å². The zero-order valence-electron chi connectivity index (χ0n) is 17.5. The van der Waals surface area contributed by atoms with E-state index in [1.807, 2.05) is 5.38 Å². The van der Waals surface area contributed by atoms with Gasteiger partial charge in [0.05, 0.1) is 11.6 Å². The molecule has 0 bridgehead atoms. The number of amides is 2. The van der Waals surface area contributed by atoms with E-state index in [0.29, 0.717) is 50.9 Å². The Morgan fingerprint density at radius 1 is 1.18 bits per heavy atom. The molecule has 172 valence electrons. The monoisotopic (exact) mass is 505 g/mol. The molecule has 1 saturated heterocycles. The zero-order valence-corrected chi connectivity index (χ0v) is 19.8. The molecule has 0 radical (unpaired) electrons. The molecule has 1 saturated carbocycles. The molecule has 2 aromatic heterocycles. The van der Waals surface area contributed by atoms with Gasteiger partial charge in [-0.15, -0.1) is 11.3 Å². The van der Waals surface area contributed by atoms with Gasteiger partial charge in [0.2, 0.25) is 11.8 Å². The molecule has 3 heterocycles. The standard InChI is InChI=1S/C22H21Cl2N5O3S/c23-12-3-6-14(15(24)8-12)16-9-19(32-28-16)17-11-33-22(27-17)25-10-20(30)29-7-1-2-18(29)21(31)26-13-4-5-13/h3,6,8-9,11,13,18H,1-2,4-5,7,10H2,(H,25,27)(H,26,31)/t18-/m0/s1. The largest absolute Gasteiger partial charge is 0.354 e. The van der Waals surface area contributed by atoms with E-state index in [2.05, 4.69) is 20.8 Å². The van der Waals surface area contributed by atoms with Gasteiger partial charge in [-0.05, 0) is 43.9 Å². The first-order valence-electron chi connectivity index (χ1n) is 10.7. The predicted molar refractivity (Wildman–Crippen MR) is 127 cm³/mol. The van der Waals surface area contributed by atoms with Crippen molar-refractivity contribution >= 4 is 51.5 Å². The number of rotatable bonds is 7. The van der Waals surface area contributed by atoms with Crippen molar-refractivity contribution in [1.29, 1.82) is 0 Å². The van der Waals surface area contributed by atoms with Crippen molar-refractivity contribution in [2.45, 2.75) is 37.8 Å². The van der Waals surface area contributed by atoms with Crippen molar-refractivity contribution < 1.29 is 14.1 Å². The van der Waals surface area contributed by atoms with Crippen LogP contribution in [0.3, 0.4) is 0 Å². The highest BCUT2D eigenvalue weighted by molar-refractivity contribution is 7.14. The molecule has 5 rings (SSSR count). The molecule has 2 N–H and O–H groups in total. The van der Waals surface area contributed by atoms with E-state index in [0.717, 1.165) is 19.3 Å². The van der Waals surface area contributed by atoms with Gasteiger partial charge in [-0.25, -0.2) is 4.98 Å². The number of carbonyl (C=O) groups is 2. The Labute approximate surface area is 204 Å². The third-order valence-electron chi connectivity index (χ3n) is 5.66. The summed E-state index contributed by atoms with van der Waals surface area (Å²) in [5.74, 6) is 0.337. The van der Waals surface area contributed by atoms with Gasteiger partial charge in [0.15, 0.2) is 10.9 Å². The summed E-state index contributed by atoms with van der Waals surface area (Å²) in [5, 5.41) is 13.6. The van der Waals surface area contributed by atoms with Crippen molar-refractivity contribution in [3.8, 4) is 22.7 Å². The highest BCUT2D eigenvalue weighted by atomic mass is 35.5. The lowest BCUT2D eigenvalue weighted by Gasteiger charge is -2.24. The van der Waals surface area contributed by atoms with E-state index in [1.165, 1.54) is 11.3 Å². The summed E-state index contributed by atoms with van der Waals surface area (Å²) in [6, 6.07) is 6.83. The molecule has 8 nitrogen and oxygen atoms in total. The van der Waals surface area contributed by atoms with E-state index in [1.54, 1.807) is 29.2 Å². The number of hydrogen-bond donors (Lipinski definition) is 2. The average Bonchev–Trinajstić information content (AvgIpc) is 3.21. The molecular formula is C22H21Cl2N5O3S. The van der Waals surface area contributed by atoms with E-state index in [-0.39, 0.29) is 30.4 Å². The number of halogens is 2. The van der Waals surface area contributed by atoms with Crippen LogP contribution >= 0.6 is 34.5 Å². The van der Waals surface area contributed by atoms with Crippen molar-refractivity contribution in [2.24, 2.45) is 0 Å². The van der Waals surface area contributed by atoms with Crippen LogP contribution in [0, 0.1) is 0 Å². The minimum absolute atomic E-state index is 0.0400. The van der Waals surface area contributed by atoms with Crippen LogP contribution in [0.15, 0.2) is 34.2 Å². The Bertz CT molecular complexity index is 1190. The molecule has 2 amide bonds. The number of likely N-dealkylation sites (tertiary alicyclic amines) is 1. The van der Waals surface area contributed by atoms with Crippen LogP contribution in [0.4, 0.5) is 5.13 Å². The normalized spacial score (nSPS) is 17.9. The molecule has 2 fully saturated rings. The van der Waals surface area contributed by atoms with Crippen LogP contribution in [0.2, 0.25) is 10.0 Å². The maximum atomic E-state index is 12.7. The molecule has 1 aromatic carbocycles. The first-order valence-corrected chi connectivity index (χ1v) is 12.3. The second-order valence-electron chi connectivity index (χ2n) is 8.12. The number of anilines is 1. The van der Waals surface area contributed by atoms with E-state index in [9.17, 15) is 9.59 Å². The summed E-state index contributed by atoms with van der Waals surface area (Å²) in [4.78, 5) is 31.3. The van der Waals surface area contributed by atoms with Gasteiger partial charge >= 0.3 is 0 Å². The summed E-state index contributed by atoms with van der Waals surface area (Å²) in [7, 11) is 0. The van der Waals surface area contributed by atoms with Gasteiger partial charge in [0.25, 0.3) is 0 Å². The van der Waals surface area contributed by atoms with Crippen molar-refractivity contribution in [3.05, 3.63) is 39.7 Å². The molecule has 0 unspecified atom stereocenters. The smallest absolute Gasteiger partial charge is 0.243 e. The second-order valence-corrected chi connectivity index (χ2v) is 9.82. The molecule has 2 aliphatic rings. The maximum Gasteiger partial charge on any atom is 0.243 e. The van der Waals surface area contributed by atoms with Gasteiger partial charge in [-0.3, -0.25) is 9.59 Å². The number of carbonyl (C=O) groups excluding carboxylic acids is 2. The molecule has 0 spiro atoms. The Hall–Kier alpha value is -2.62. The van der Waals surface area contributed by atoms with Crippen molar-refractivity contribution in [3.63, 3.8) is 0 Å². The van der Waals surface area contributed by atoms with Crippen LogP contribution in [0.5, 0.6) is 0 Å². The molecule has 3 aromatic rings. The minimum Gasteiger partial charge on any atom is -0.354 e. The number of aromatic nitrogens is 2. The average molecular weight is 506 g/mol. The SMILES string of the molecule is O=C(NC1CC1)[C@@H]1CCCN1C(=O)CNc1nc(-c2cc(-c3ccc(Cl)cc3Cl)no2)cs1. The predicted octanol–water partition coefficient (Wildman–Crippen LogP) is 4.45. The van der Waals surface area contributed by atoms with Gasteiger partial charge in [0.1, 0.15) is 17.4 Å². The zero-order chi connectivity index (χ0) is 22.9. The first kappa shape index (κ1) is 22.2. The summed E-state index contributed by atoms with van der Waals surface area (Å²) in [6.45, 7) is 0.669. The fourth-order valence-electron chi connectivity index (χ4n) is 3.80. The fourth-order valence-corrected chi connectivity index (χ4v) is 5.01. The summed E-state index contributed by atoms with van der Waals surface area (Å²) >= 11 is 13.6. The minimum atomic E-state index is -0.376. The summed E-state index contributed by atoms with van der Waals surface area (Å²) in [6.07, 6.45) is 3.60. The van der Waals surface area contributed by atoms with Crippen LogP contribution in [0.1, 0.15) is 25.7 Å². The third kappa shape index (κ3) is 5.00. The molecule has 1 aliphatic carbocycles. The van der Waals surface area contributed by atoms with Gasteiger partial charge in [0, 0.05) is 34.6 Å². The van der Waals surface area contributed by atoms with E-state index < -0.39 is 0 Å². The Morgan fingerprint density at radius 3 is 2.82 bits per heavy atom. The Morgan fingerprint density at radius 2 is 2.03 bits per heavy atom. The highest BCUT2D eigenvalue weighted by Gasteiger charge is 2.36. The number of nitrogens with one attached hydrogen (secondary N) is 2. The lowest BCUT2D eigenvalue weighted by Crippen LogP contribution is -2.48. The molecule has 11 heteroatoms. The lowest BCUT2D eigenvalue weighted by molar-refractivity contribution is -0.137. The highest BCUT2D eigenvalue weighted by Crippen LogP contribution is 2.33. The van der Waals surface area contributed by atoms with Crippen LogP contribution < -0.4 is 10.6 Å². The van der Waals surface area contributed by atoms with Crippen LogP contribution in [0.25, 0.3) is 22.7 Å². The van der Waals surface area contributed by atoms with E-state index in [4.69, 9.17) is 27.7 Å². The Balaban J connectivity index is 1.20. The third-order valence-corrected chi connectivity index (χ3v) is 7.01. The topological polar surface area (TPSA) is 100 Å². The quantitative estimate of drug-likeness (QED) is 0.491. The van der Waals surface area contributed by atoms with Crippen molar-refractivity contribution in [2.75, 3.05) is 18.4 Å². The number of nitrogens with zero attached hydrogens (tertiary/aromatic N) is 3. The number of benzene rings is 1. The van der Waals surface area contributed by atoms with Gasteiger partial charge in [-0.2, -0.15) is 0 Å². The molecule has 1 aliphatic heterocycles. The molecular weight excluding hydrogens is 485 g/mol. The first-order chi connectivity index (χ1) is 16.0. The molecule has 33 heavy (non-hydrogen) atoms.